The SMILES string of the molecule is CC(C)[C@@H](NC(=O)C=Cc1ccccc1)C(=O)N1CC[C@](O)(c2ccc(Cl)cc2)C(C)(C)C1. The second kappa shape index (κ2) is 10.1. The van der Waals surface area contributed by atoms with Crippen molar-refractivity contribution < 1.29 is 14.7 Å². The summed E-state index contributed by atoms with van der Waals surface area (Å²) in [4.78, 5) is 27.7. The summed E-state index contributed by atoms with van der Waals surface area (Å²) in [6, 6.07) is 16.1. The molecule has 2 aromatic rings. The number of aliphatic hydroxyl groups is 1. The van der Waals surface area contributed by atoms with E-state index in [1.807, 2.05) is 70.2 Å². The van der Waals surface area contributed by atoms with Crippen LogP contribution in [0.2, 0.25) is 5.02 Å². The van der Waals surface area contributed by atoms with Crippen molar-refractivity contribution in [3.8, 4) is 0 Å². The molecule has 2 N–H and O–H groups in total. The van der Waals surface area contributed by atoms with Gasteiger partial charge in [-0.2, -0.15) is 0 Å². The van der Waals surface area contributed by atoms with Gasteiger partial charge in [0.25, 0.3) is 0 Å². The van der Waals surface area contributed by atoms with Gasteiger partial charge >= 0.3 is 0 Å². The molecule has 176 valence electrons. The van der Waals surface area contributed by atoms with Gasteiger partial charge in [0, 0.05) is 29.6 Å². The van der Waals surface area contributed by atoms with E-state index in [1.54, 1.807) is 23.1 Å². The van der Waals surface area contributed by atoms with E-state index in [0.717, 1.165) is 11.1 Å². The van der Waals surface area contributed by atoms with E-state index in [2.05, 4.69) is 5.32 Å². The number of piperidine rings is 1. The standard InChI is InChI=1S/C27H33ClN2O3/c1-19(2)24(29-23(31)15-10-20-8-6-5-7-9-20)25(32)30-17-16-27(33,26(3,4)18-30)21-11-13-22(28)14-12-21/h5-15,19,24,33H,16-18H2,1-4H3,(H,29,31)/t24-,27+/m1/s1. The molecular formula is C27H33ClN2O3. The zero-order valence-electron chi connectivity index (χ0n) is 19.7. The maximum Gasteiger partial charge on any atom is 0.245 e. The lowest BCUT2D eigenvalue weighted by Crippen LogP contribution is -2.60. The molecule has 1 saturated heterocycles. The third kappa shape index (κ3) is 5.66. The summed E-state index contributed by atoms with van der Waals surface area (Å²) in [5.41, 5.74) is 0.0414. The molecule has 33 heavy (non-hydrogen) atoms. The minimum atomic E-state index is -1.08. The molecule has 1 heterocycles. The Hall–Kier alpha value is -2.63. The lowest BCUT2D eigenvalue weighted by atomic mass is 9.66. The van der Waals surface area contributed by atoms with E-state index in [0.29, 0.717) is 24.5 Å². The Morgan fingerprint density at radius 1 is 1.09 bits per heavy atom. The van der Waals surface area contributed by atoms with E-state index >= 15 is 0 Å². The van der Waals surface area contributed by atoms with Gasteiger partial charge in [-0.15, -0.1) is 0 Å². The second-order valence-corrected chi connectivity index (χ2v) is 10.2. The molecule has 0 aromatic heterocycles. The van der Waals surface area contributed by atoms with Crippen molar-refractivity contribution in [1.82, 2.24) is 10.2 Å². The fourth-order valence-electron chi connectivity index (χ4n) is 4.42. The van der Waals surface area contributed by atoms with Gasteiger partial charge in [-0.3, -0.25) is 9.59 Å². The van der Waals surface area contributed by atoms with Crippen LogP contribution in [0.3, 0.4) is 0 Å². The van der Waals surface area contributed by atoms with Gasteiger partial charge in [-0.1, -0.05) is 81.8 Å². The smallest absolute Gasteiger partial charge is 0.245 e. The normalized spacial score (nSPS) is 21.2. The van der Waals surface area contributed by atoms with Crippen molar-refractivity contribution in [2.75, 3.05) is 13.1 Å². The third-order valence-electron chi connectivity index (χ3n) is 6.54. The van der Waals surface area contributed by atoms with Gasteiger partial charge in [0.05, 0.1) is 5.60 Å². The summed E-state index contributed by atoms with van der Waals surface area (Å²) in [6.07, 6.45) is 3.59. The Kier molecular flexibility index (Phi) is 7.65. The number of nitrogens with zero attached hydrogens (tertiary/aromatic N) is 1. The molecule has 0 spiro atoms. The molecular weight excluding hydrogens is 436 g/mol. The van der Waals surface area contributed by atoms with Gasteiger partial charge < -0.3 is 15.3 Å². The van der Waals surface area contributed by atoms with E-state index in [-0.39, 0.29) is 17.7 Å². The summed E-state index contributed by atoms with van der Waals surface area (Å²) in [5, 5.41) is 15.1. The minimum Gasteiger partial charge on any atom is -0.384 e. The maximum absolute atomic E-state index is 13.4. The highest BCUT2D eigenvalue weighted by atomic mass is 35.5. The first-order chi connectivity index (χ1) is 15.5. The molecule has 2 atom stereocenters. The fourth-order valence-corrected chi connectivity index (χ4v) is 4.54. The Bertz CT molecular complexity index is 1000. The van der Waals surface area contributed by atoms with Crippen LogP contribution < -0.4 is 5.32 Å². The van der Waals surface area contributed by atoms with Crippen LogP contribution in [0.4, 0.5) is 0 Å². The minimum absolute atomic E-state index is 0.0771. The first-order valence-corrected chi connectivity index (χ1v) is 11.7. The number of likely N-dealkylation sites (tertiary alicyclic amines) is 1. The topological polar surface area (TPSA) is 69.6 Å². The van der Waals surface area contributed by atoms with E-state index in [9.17, 15) is 14.7 Å². The highest BCUT2D eigenvalue weighted by Gasteiger charge is 2.50. The lowest BCUT2D eigenvalue weighted by Gasteiger charge is -2.51. The van der Waals surface area contributed by atoms with Crippen LogP contribution in [0, 0.1) is 11.3 Å². The predicted octanol–water partition coefficient (Wildman–Crippen LogP) is 4.64. The maximum atomic E-state index is 13.4. The Balaban J connectivity index is 1.71. The second-order valence-electron chi connectivity index (χ2n) is 9.74. The highest BCUT2D eigenvalue weighted by Crippen LogP contribution is 2.46. The summed E-state index contributed by atoms with van der Waals surface area (Å²) >= 11 is 6.02. The van der Waals surface area contributed by atoms with E-state index < -0.39 is 17.1 Å². The third-order valence-corrected chi connectivity index (χ3v) is 6.79. The number of carbonyl (C=O) groups excluding carboxylic acids is 2. The van der Waals surface area contributed by atoms with Crippen LogP contribution in [0.25, 0.3) is 6.08 Å². The average molecular weight is 469 g/mol. The molecule has 0 unspecified atom stereocenters. The molecule has 1 aliphatic rings. The summed E-state index contributed by atoms with van der Waals surface area (Å²) in [5.74, 6) is -0.510. The number of hydrogen-bond acceptors (Lipinski definition) is 3. The van der Waals surface area contributed by atoms with Gasteiger partial charge in [0.1, 0.15) is 6.04 Å². The molecule has 2 aromatic carbocycles. The van der Waals surface area contributed by atoms with Crippen LogP contribution in [0.15, 0.2) is 60.7 Å². The number of nitrogens with one attached hydrogen (secondary N) is 1. The van der Waals surface area contributed by atoms with Crippen molar-refractivity contribution in [2.45, 2.75) is 45.8 Å². The van der Waals surface area contributed by atoms with Gasteiger partial charge in [0.15, 0.2) is 0 Å². The number of benzene rings is 2. The summed E-state index contributed by atoms with van der Waals surface area (Å²) < 4.78 is 0. The summed E-state index contributed by atoms with van der Waals surface area (Å²) in [7, 11) is 0. The molecule has 1 fully saturated rings. The van der Waals surface area contributed by atoms with E-state index in [1.165, 1.54) is 6.08 Å². The molecule has 2 amide bonds. The molecule has 0 aliphatic carbocycles. The van der Waals surface area contributed by atoms with Crippen molar-refractivity contribution in [3.05, 3.63) is 76.8 Å². The molecule has 1 aliphatic heterocycles. The quantitative estimate of drug-likeness (QED) is 0.607. The zero-order chi connectivity index (χ0) is 24.2. The number of hydrogen-bond donors (Lipinski definition) is 2. The zero-order valence-corrected chi connectivity index (χ0v) is 20.5. The van der Waals surface area contributed by atoms with Crippen molar-refractivity contribution in [3.63, 3.8) is 0 Å². The predicted molar refractivity (Wildman–Crippen MR) is 133 cm³/mol. The lowest BCUT2D eigenvalue weighted by molar-refractivity contribution is -0.156. The monoisotopic (exact) mass is 468 g/mol. The van der Waals surface area contributed by atoms with Crippen LogP contribution in [-0.4, -0.2) is 41.0 Å². The first kappa shape index (κ1) is 25.0. The van der Waals surface area contributed by atoms with Crippen molar-refractivity contribution in [1.29, 1.82) is 0 Å². The molecule has 0 radical (unpaired) electrons. The number of carbonyl (C=O) groups is 2. The number of rotatable bonds is 6. The van der Waals surface area contributed by atoms with Gasteiger partial charge in [-0.05, 0) is 41.7 Å². The average Bonchev–Trinajstić information content (AvgIpc) is 2.78. The number of halogens is 1. The first-order valence-electron chi connectivity index (χ1n) is 11.3. The van der Waals surface area contributed by atoms with Gasteiger partial charge in [-0.25, -0.2) is 0 Å². The van der Waals surface area contributed by atoms with Crippen LogP contribution in [-0.2, 0) is 15.2 Å². The van der Waals surface area contributed by atoms with E-state index in [4.69, 9.17) is 11.6 Å². The molecule has 0 bridgehead atoms. The Morgan fingerprint density at radius 3 is 2.30 bits per heavy atom. The molecule has 5 nitrogen and oxygen atoms in total. The molecule has 6 heteroatoms. The molecule has 0 saturated carbocycles. The Morgan fingerprint density at radius 2 is 1.73 bits per heavy atom. The van der Waals surface area contributed by atoms with Crippen LogP contribution >= 0.6 is 11.6 Å². The van der Waals surface area contributed by atoms with Crippen LogP contribution in [0.5, 0.6) is 0 Å². The Labute approximate surface area is 201 Å². The summed E-state index contributed by atoms with van der Waals surface area (Å²) in [6.45, 7) is 8.55. The van der Waals surface area contributed by atoms with Crippen molar-refractivity contribution in [2.24, 2.45) is 11.3 Å². The number of amides is 2. The fraction of sp³-hybridized carbons (Fsp3) is 0.407. The highest BCUT2D eigenvalue weighted by molar-refractivity contribution is 6.30. The van der Waals surface area contributed by atoms with Crippen molar-refractivity contribution >= 4 is 29.5 Å². The van der Waals surface area contributed by atoms with Gasteiger partial charge in [0.2, 0.25) is 11.8 Å². The molecule has 3 rings (SSSR count). The van der Waals surface area contributed by atoms with Crippen LogP contribution in [0.1, 0.15) is 45.2 Å². The largest absolute Gasteiger partial charge is 0.384 e.